The molecule has 0 unspecified atom stereocenters. The Bertz CT molecular complexity index is 421. The SMILES string of the molecule is CC1(O)CCN(Cc2ccc(C(=O)NN)s2)CC1. The Balaban J connectivity index is 1.90. The Hall–Kier alpha value is -0.950. The first-order valence-corrected chi connectivity index (χ1v) is 6.86. The number of nitrogens with one attached hydrogen (secondary N) is 1. The maximum Gasteiger partial charge on any atom is 0.275 e. The number of hydrogen-bond acceptors (Lipinski definition) is 5. The molecule has 5 nitrogen and oxygen atoms in total. The van der Waals surface area contributed by atoms with Crippen LogP contribution in [0.25, 0.3) is 0 Å². The molecule has 2 rings (SSSR count). The fourth-order valence-corrected chi connectivity index (χ4v) is 3.02. The van der Waals surface area contributed by atoms with Gasteiger partial charge >= 0.3 is 0 Å². The minimum atomic E-state index is -0.517. The molecule has 1 aromatic rings. The summed E-state index contributed by atoms with van der Waals surface area (Å²) >= 11 is 1.46. The van der Waals surface area contributed by atoms with Gasteiger partial charge in [0.25, 0.3) is 5.91 Å². The zero-order valence-corrected chi connectivity index (χ0v) is 11.3. The van der Waals surface area contributed by atoms with Crippen LogP contribution >= 0.6 is 11.3 Å². The summed E-state index contributed by atoms with van der Waals surface area (Å²) in [6.07, 6.45) is 1.60. The number of rotatable bonds is 3. The topological polar surface area (TPSA) is 78.6 Å². The Morgan fingerprint density at radius 1 is 1.56 bits per heavy atom. The van der Waals surface area contributed by atoms with Gasteiger partial charge in [0.1, 0.15) is 0 Å². The molecular formula is C12H19N3O2S. The van der Waals surface area contributed by atoms with Crippen LogP contribution in [0.1, 0.15) is 34.3 Å². The van der Waals surface area contributed by atoms with E-state index in [1.165, 1.54) is 11.3 Å². The molecule has 0 saturated carbocycles. The van der Waals surface area contributed by atoms with Crippen LogP contribution in [0, 0.1) is 0 Å². The summed E-state index contributed by atoms with van der Waals surface area (Å²) < 4.78 is 0. The third kappa shape index (κ3) is 3.29. The molecule has 6 heteroatoms. The van der Waals surface area contributed by atoms with E-state index in [1.807, 2.05) is 13.0 Å². The van der Waals surface area contributed by atoms with Gasteiger partial charge in [0.2, 0.25) is 0 Å². The van der Waals surface area contributed by atoms with Gasteiger partial charge in [-0.1, -0.05) is 0 Å². The van der Waals surface area contributed by atoms with E-state index >= 15 is 0 Å². The number of nitrogens with zero attached hydrogens (tertiary/aromatic N) is 1. The number of carbonyl (C=O) groups excluding carboxylic acids is 1. The van der Waals surface area contributed by atoms with Crippen molar-refractivity contribution in [1.29, 1.82) is 0 Å². The number of likely N-dealkylation sites (tertiary alicyclic amines) is 1. The van der Waals surface area contributed by atoms with Crippen molar-refractivity contribution in [3.63, 3.8) is 0 Å². The smallest absolute Gasteiger partial charge is 0.275 e. The second-order valence-corrected chi connectivity index (χ2v) is 6.18. The number of nitrogens with two attached hydrogens (primary N) is 1. The lowest BCUT2D eigenvalue weighted by Crippen LogP contribution is -2.41. The molecule has 1 aliphatic rings. The van der Waals surface area contributed by atoms with Gasteiger partial charge in [-0.05, 0) is 31.9 Å². The predicted octanol–water partition coefficient (Wildman–Crippen LogP) is 0.698. The van der Waals surface area contributed by atoms with E-state index in [-0.39, 0.29) is 5.91 Å². The van der Waals surface area contributed by atoms with Crippen LogP contribution in [0.5, 0.6) is 0 Å². The number of nitrogen functional groups attached to an aromatic ring is 1. The third-order valence-electron chi connectivity index (χ3n) is 3.33. The molecule has 1 aliphatic heterocycles. The highest BCUT2D eigenvalue weighted by Gasteiger charge is 2.27. The van der Waals surface area contributed by atoms with Crippen LogP contribution in [0.3, 0.4) is 0 Å². The van der Waals surface area contributed by atoms with Crippen LogP contribution in [0.15, 0.2) is 12.1 Å². The minimum absolute atomic E-state index is 0.243. The van der Waals surface area contributed by atoms with E-state index in [0.29, 0.717) is 4.88 Å². The van der Waals surface area contributed by atoms with Gasteiger partial charge < -0.3 is 5.11 Å². The van der Waals surface area contributed by atoms with Gasteiger partial charge in [-0.25, -0.2) is 5.84 Å². The molecular weight excluding hydrogens is 250 g/mol. The first-order chi connectivity index (χ1) is 8.50. The first-order valence-electron chi connectivity index (χ1n) is 6.04. The summed E-state index contributed by atoms with van der Waals surface area (Å²) in [7, 11) is 0. The monoisotopic (exact) mass is 269 g/mol. The van der Waals surface area contributed by atoms with Crippen molar-refractivity contribution in [3.05, 3.63) is 21.9 Å². The maximum atomic E-state index is 11.3. The molecule has 0 radical (unpaired) electrons. The Labute approximate surface area is 111 Å². The first kappa shape index (κ1) is 13.5. The molecule has 0 bridgehead atoms. The quantitative estimate of drug-likeness (QED) is 0.429. The highest BCUT2D eigenvalue weighted by molar-refractivity contribution is 7.14. The lowest BCUT2D eigenvalue weighted by molar-refractivity contribution is -0.00706. The summed E-state index contributed by atoms with van der Waals surface area (Å²) in [5, 5.41) is 9.88. The Morgan fingerprint density at radius 3 is 2.83 bits per heavy atom. The van der Waals surface area contributed by atoms with Gasteiger partial charge in [-0.15, -0.1) is 11.3 Å². The van der Waals surface area contributed by atoms with Crippen molar-refractivity contribution in [2.75, 3.05) is 13.1 Å². The van der Waals surface area contributed by atoms with Crippen molar-refractivity contribution in [1.82, 2.24) is 10.3 Å². The van der Waals surface area contributed by atoms with E-state index in [1.54, 1.807) is 6.07 Å². The van der Waals surface area contributed by atoms with E-state index in [0.717, 1.165) is 37.4 Å². The Kier molecular flexibility index (Phi) is 4.01. The van der Waals surface area contributed by atoms with E-state index in [2.05, 4.69) is 10.3 Å². The molecule has 1 fully saturated rings. The lowest BCUT2D eigenvalue weighted by Gasteiger charge is -2.35. The van der Waals surface area contributed by atoms with E-state index < -0.39 is 5.60 Å². The van der Waals surface area contributed by atoms with Crippen molar-refractivity contribution in [2.24, 2.45) is 5.84 Å². The average molecular weight is 269 g/mol. The van der Waals surface area contributed by atoms with Gasteiger partial charge in [-0.3, -0.25) is 15.1 Å². The highest BCUT2D eigenvalue weighted by atomic mass is 32.1. The number of hydrazine groups is 1. The maximum absolute atomic E-state index is 11.3. The third-order valence-corrected chi connectivity index (χ3v) is 4.40. The second kappa shape index (κ2) is 5.36. The fraction of sp³-hybridized carbons (Fsp3) is 0.583. The number of hydrogen-bond donors (Lipinski definition) is 3. The van der Waals surface area contributed by atoms with Crippen molar-refractivity contribution >= 4 is 17.2 Å². The number of aliphatic hydroxyl groups is 1. The largest absolute Gasteiger partial charge is 0.390 e. The van der Waals surface area contributed by atoms with Crippen LogP contribution in [0.4, 0.5) is 0 Å². The standard InChI is InChI=1S/C12H19N3O2S/c1-12(17)4-6-15(7-5-12)8-9-2-3-10(18-9)11(16)14-13/h2-3,17H,4-8,13H2,1H3,(H,14,16). The van der Waals surface area contributed by atoms with Crippen LogP contribution in [-0.4, -0.2) is 34.6 Å². The predicted molar refractivity (Wildman–Crippen MR) is 71.1 cm³/mol. The van der Waals surface area contributed by atoms with Gasteiger partial charge in [-0.2, -0.15) is 0 Å². The van der Waals surface area contributed by atoms with Crippen LogP contribution in [-0.2, 0) is 6.54 Å². The zero-order valence-electron chi connectivity index (χ0n) is 10.5. The molecule has 1 saturated heterocycles. The number of carbonyl (C=O) groups is 1. The summed E-state index contributed by atoms with van der Waals surface area (Å²) in [6, 6.07) is 3.75. The minimum Gasteiger partial charge on any atom is -0.390 e. The summed E-state index contributed by atoms with van der Waals surface area (Å²) in [6.45, 7) is 4.50. The molecule has 1 amide bonds. The van der Waals surface area contributed by atoms with E-state index in [9.17, 15) is 9.90 Å². The van der Waals surface area contributed by atoms with Gasteiger partial charge in [0, 0.05) is 24.5 Å². The van der Waals surface area contributed by atoms with Crippen LogP contribution < -0.4 is 11.3 Å². The van der Waals surface area contributed by atoms with Gasteiger partial charge in [0.15, 0.2) is 0 Å². The molecule has 18 heavy (non-hydrogen) atoms. The van der Waals surface area contributed by atoms with Crippen molar-refractivity contribution in [3.8, 4) is 0 Å². The van der Waals surface area contributed by atoms with Crippen molar-refractivity contribution in [2.45, 2.75) is 31.9 Å². The molecule has 0 spiro atoms. The second-order valence-electron chi connectivity index (χ2n) is 5.01. The van der Waals surface area contributed by atoms with E-state index in [4.69, 9.17) is 5.84 Å². The molecule has 100 valence electrons. The summed E-state index contributed by atoms with van der Waals surface area (Å²) in [5.74, 6) is 4.85. The normalized spacial score (nSPS) is 19.7. The lowest BCUT2D eigenvalue weighted by atomic mass is 9.94. The number of piperidine rings is 1. The molecule has 0 atom stereocenters. The molecule has 1 aromatic heterocycles. The fourth-order valence-electron chi connectivity index (χ4n) is 2.07. The Morgan fingerprint density at radius 2 is 2.22 bits per heavy atom. The molecule has 0 aliphatic carbocycles. The van der Waals surface area contributed by atoms with Crippen LogP contribution in [0.2, 0.25) is 0 Å². The molecule has 4 N–H and O–H groups in total. The summed E-state index contributed by atoms with van der Waals surface area (Å²) in [5.41, 5.74) is 1.62. The molecule has 0 aromatic carbocycles. The van der Waals surface area contributed by atoms with Gasteiger partial charge in [0.05, 0.1) is 10.5 Å². The summed E-state index contributed by atoms with van der Waals surface area (Å²) in [4.78, 5) is 15.4. The zero-order chi connectivity index (χ0) is 13.2. The molecule has 2 heterocycles. The number of thiophene rings is 1. The average Bonchev–Trinajstić information content (AvgIpc) is 2.79. The highest BCUT2D eigenvalue weighted by Crippen LogP contribution is 2.24. The number of amides is 1. The van der Waals surface area contributed by atoms with Crippen molar-refractivity contribution < 1.29 is 9.90 Å².